The second-order valence-electron chi connectivity index (χ2n) is 7.66. The van der Waals surface area contributed by atoms with E-state index in [4.69, 9.17) is 4.98 Å². The first-order chi connectivity index (χ1) is 15.4. The highest BCUT2D eigenvalue weighted by Crippen LogP contribution is 2.41. The van der Waals surface area contributed by atoms with Gasteiger partial charge < -0.3 is 0 Å². The normalized spacial score (nSPS) is 11.2. The molecule has 0 aliphatic heterocycles. The van der Waals surface area contributed by atoms with Gasteiger partial charge in [-0.3, -0.25) is 4.98 Å². The first-order valence-corrected chi connectivity index (χ1v) is 11.2. The van der Waals surface area contributed by atoms with Gasteiger partial charge in [-0.2, -0.15) is 0 Å². The zero-order valence-electron chi connectivity index (χ0n) is 16.8. The lowest BCUT2D eigenvalue weighted by atomic mass is 10.0. The topological polar surface area (TPSA) is 12.9 Å². The second-order valence-corrected chi connectivity index (χ2v) is 8.71. The van der Waals surface area contributed by atoms with E-state index in [1.165, 1.54) is 48.0 Å². The van der Waals surface area contributed by atoms with Gasteiger partial charge in [0.25, 0.3) is 0 Å². The predicted octanol–water partition coefficient (Wildman–Crippen LogP) is 8.45. The Bertz CT molecular complexity index is 1510. The van der Waals surface area contributed by atoms with Crippen LogP contribution >= 0.6 is 11.3 Å². The highest BCUT2D eigenvalue weighted by Gasteiger charge is 2.12. The molecule has 146 valence electrons. The quantitative estimate of drug-likeness (QED) is 0.283. The number of fused-ring (bicyclic) bond motifs is 3. The first kappa shape index (κ1) is 18.1. The molecule has 0 saturated carbocycles. The van der Waals surface area contributed by atoms with Crippen LogP contribution in [0.5, 0.6) is 0 Å². The van der Waals surface area contributed by atoms with Crippen LogP contribution in [0.15, 0.2) is 115 Å². The van der Waals surface area contributed by atoms with Gasteiger partial charge in [-0.1, -0.05) is 84.9 Å². The molecule has 0 atom stereocenters. The van der Waals surface area contributed by atoms with E-state index in [0.29, 0.717) is 0 Å². The Kier molecular flexibility index (Phi) is 4.37. The van der Waals surface area contributed by atoms with Crippen LogP contribution in [0.1, 0.15) is 0 Å². The van der Waals surface area contributed by atoms with Crippen molar-refractivity contribution in [2.45, 2.75) is 0 Å². The summed E-state index contributed by atoms with van der Waals surface area (Å²) in [6.45, 7) is 0. The number of benzene rings is 4. The second kappa shape index (κ2) is 7.50. The Morgan fingerprint density at radius 3 is 1.97 bits per heavy atom. The highest BCUT2D eigenvalue weighted by molar-refractivity contribution is 7.26. The van der Waals surface area contributed by atoms with Gasteiger partial charge in [0.2, 0.25) is 0 Å². The standard InChI is InChI=1S/C29H19NS/c1-3-8-20(9-4-1)22-14-15-28-26(18-22)24-12-7-13-25(29(24)31-28)27-19-23(16-17-30-27)21-10-5-2-6-11-21/h1-19H. The third kappa shape index (κ3) is 3.22. The molecular weight excluding hydrogens is 394 g/mol. The minimum absolute atomic E-state index is 1.02. The van der Waals surface area contributed by atoms with E-state index in [1.807, 2.05) is 23.6 Å². The van der Waals surface area contributed by atoms with Crippen molar-refractivity contribution in [1.29, 1.82) is 0 Å². The van der Waals surface area contributed by atoms with E-state index in [0.717, 1.165) is 5.69 Å². The summed E-state index contributed by atoms with van der Waals surface area (Å²) >= 11 is 1.85. The van der Waals surface area contributed by atoms with E-state index in [-0.39, 0.29) is 0 Å². The number of hydrogen-bond acceptors (Lipinski definition) is 2. The van der Waals surface area contributed by atoms with Gasteiger partial charge in [0.05, 0.1) is 5.69 Å². The van der Waals surface area contributed by atoms with Gasteiger partial charge in [-0.15, -0.1) is 11.3 Å². The lowest BCUT2D eigenvalue weighted by Crippen LogP contribution is -1.85. The maximum atomic E-state index is 4.73. The van der Waals surface area contributed by atoms with Gasteiger partial charge in [-0.05, 0) is 46.5 Å². The molecule has 6 rings (SSSR count). The third-order valence-corrected chi connectivity index (χ3v) is 6.97. The van der Waals surface area contributed by atoms with E-state index in [1.54, 1.807) is 0 Å². The number of pyridine rings is 1. The predicted molar refractivity (Wildman–Crippen MR) is 133 cm³/mol. The SMILES string of the molecule is c1ccc(-c2ccnc(-c3cccc4c3sc3ccc(-c5ccccc5)cc34)c2)cc1. The molecular formula is C29H19NS. The molecule has 4 aromatic carbocycles. The van der Waals surface area contributed by atoms with Crippen LogP contribution in [-0.2, 0) is 0 Å². The molecule has 2 aromatic heterocycles. The zero-order valence-corrected chi connectivity index (χ0v) is 17.6. The number of nitrogens with zero attached hydrogens (tertiary/aromatic N) is 1. The summed E-state index contributed by atoms with van der Waals surface area (Å²) in [5.41, 5.74) is 7.11. The van der Waals surface area contributed by atoms with Crippen LogP contribution in [0, 0.1) is 0 Å². The van der Waals surface area contributed by atoms with Crippen LogP contribution < -0.4 is 0 Å². The van der Waals surface area contributed by atoms with Crippen molar-refractivity contribution < 1.29 is 0 Å². The summed E-state index contributed by atoms with van der Waals surface area (Å²) in [6.07, 6.45) is 1.91. The molecule has 0 bridgehead atoms. The Morgan fingerprint density at radius 2 is 1.23 bits per heavy atom. The third-order valence-electron chi connectivity index (χ3n) is 5.75. The average Bonchev–Trinajstić information content (AvgIpc) is 3.23. The van der Waals surface area contributed by atoms with Gasteiger partial charge in [0.1, 0.15) is 0 Å². The number of thiophene rings is 1. The van der Waals surface area contributed by atoms with Crippen LogP contribution in [0.25, 0.3) is 53.7 Å². The van der Waals surface area contributed by atoms with Crippen molar-refractivity contribution in [3.05, 3.63) is 115 Å². The molecule has 31 heavy (non-hydrogen) atoms. The maximum Gasteiger partial charge on any atom is 0.0722 e. The fourth-order valence-electron chi connectivity index (χ4n) is 4.20. The largest absolute Gasteiger partial charge is 0.256 e. The molecule has 2 heterocycles. The Labute approximate surface area is 185 Å². The fourth-order valence-corrected chi connectivity index (χ4v) is 5.40. The monoisotopic (exact) mass is 413 g/mol. The Morgan fingerprint density at radius 1 is 0.516 bits per heavy atom. The Balaban J connectivity index is 1.52. The van der Waals surface area contributed by atoms with Crippen LogP contribution in [0.2, 0.25) is 0 Å². The van der Waals surface area contributed by atoms with Crippen molar-refractivity contribution in [2.24, 2.45) is 0 Å². The average molecular weight is 414 g/mol. The number of hydrogen-bond donors (Lipinski definition) is 0. The van der Waals surface area contributed by atoms with E-state index in [9.17, 15) is 0 Å². The molecule has 0 unspecified atom stereocenters. The molecule has 0 spiro atoms. The zero-order chi connectivity index (χ0) is 20.6. The Hall–Kier alpha value is -3.75. The summed E-state index contributed by atoms with van der Waals surface area (Å²) in [6, 6.07) is 38.7. The van der Waals surface area contributed by atoms with Crippen molar-refractivity contribution >= 4 is 31.5 Å². The molecule has 2 heteroatoms. The number of rotatable bonds is 3. The van der Waals surface area contributed by atoms with Gasteiger partial charge >= 0.3 is 0 Å². The minimum Gasteiger partial charge on any atom is -0.256 e. The molecule has 0 saturated heterocycles. The summed E-state index contributed by atoms with van der Waals surface area (Å²) in [5.74, 6) is 0. The van der Waals surface area contributed by atoms with Crippen molar-refractivity contribution in [3.8, 4) is 33.5 Å². The molecule has 0 fully saturated rings. The molecule has 0 aliphatic rings. The lowest BCUT2D eigenvalue weighted by molar-refractivity contribution is 1.33. The fraction of sp³-hybridized carbons (Fsp3) is 0. The van der Waals surface area contributed by atoms with Crippen molar-refractivity contribution in [3.63, 3.8) is 0 Å². The molecule has 0 amide bonds. The van der Waals surface area contributed by atoms with Crippen molar-refractivity contribution in [2.75, 3.05) is 0 Å². The summed E-state index contributed by atoms with van der Waals surface area (Å²) in [4.78, 5) is 4.73. The minimum atomic E-state index is 1.02. The van der Waals surface area contributed by atoms with Crippen molar-refractivity contribution in [1.82, 2.24) is 4.98 Å². The number of aromatic nitrogens is 1. The maximum absolute atomic E-state index is 4.73. The summed E-state index contributed by atoms with van der Waals surface area (Å²) in [5, 5.41) is 2.60. The summed E-state index contributed by atoms with van der Waals surface area (Å²) < 4.78 is 2.60. The van der Waals surface area contributed by atoms with Crippen LogP contribution in [0.4, 0.5) is 0 Å². The van der Waals surface area contributed by atoms with Crippen LogP contribution in [0.3, 0.4) is 0 Å². The summed E-state index contributed by atoms with van der Waals surface area (Å²) in [7, 11) is 0. The van der Waals surface area contributed by atoms with E-state index < -0.39 is 0 Å². The lowest BCUT2D eigenvalue weighted by Gasteiger charge is -2.06. The van der Waals surface area contributed by atoms with Gasteiger partial charge in [0.15, 0.2) is 0 Å². The van der Waals surface area contributed by atoms with Gasteiger partial charge in [-0.25, -0.2) is 0 Å². The first-order valence-electron chi connectivity index (χ1n) is 10.4. The van der Waals surface area contributed by atoms with E-state index >= 15 is 0 Å². The molecule has 0 aliphatic carbocycles. The highest BCUT2D eigenvalue weighted by atomic mass is 32.1. The molecule has 6 aromatic rings. The van der Waals surface area contributed by atoms with E-state index in [2.05, 4.69) is 103 Å². The molecule has 1 nitrogen and oxygen atoms in total. The van der Waals surface area contributed by atoms with Crippen LogP contribution in [-0.4, -0.2) is 4.98 Å². The molecule has 0 radical (unpaired) electrons. The smallest absolute Gasteiger partial charge is 0.0722 e. The molecule has 0 N–H and O–H groups in total. The van der Waals surface area contributed by atoms with Gasteiger partial charge in [0, 0.05) is 31.9 Å².